The number of ether oxygens (including phenoxy) is 2. The van der Waals surface area contributed by atoms with Gasteiger partial charge >= 0.3 is 12.3 Å². The highest BCUT2D eigenvalue weighted by Crippen LogP contribution is 2.34. The van der Waals surface area contributed by atoms with Crippen LogP contribution >= 0.6 is 11.6 Å². The van der Waals surface area contributed by atoms with Gasteiger partial charge in [0.2, 0.25) is 5.60 Å². The highest BCUT2D eigenvalue weighted by molar-refractivity contribution is 6.30. The molecular formula is C29H25ClF3NO5. The molecule has 1 N–H and O–H groups in total. The molecule has 0 amide bonds. The average molecular weight is 560 g/mol. The summed E-state index contributed by atoms with van der Waals surface area (Å²) in [6, 6.07) is 17.0. The molecule has 0 aliphatic rings. The number of aliphatic carboxylic acids is 1. The molecule has 0 saturated carbocycles. The first-order valence-electron chi connectivity index (χ1n) is 12.0. The Bertz CT molecular complexity index is 1550. The molecule has 3 aromatic carbocycles. The van der Waals surface area contributed by atoms with E-state index in [2.05, 4.69) is 4.74 Å². The van der Waals surface area contributed by atoms with Crippen LogP contribution < -0.4 is 9.47 Å². The second-order valence-corrected chi connectivity index (χ2v) is 9.68. The third-order valence-electron chi connectivity index (χ3n) is 6.57. The van der Waals surface area contributed by atoms with Crippen LogP contribution in [0.4, 0.5) is 13.2 Å². The zero-order chi connectivity index (χ0) is 28.5. The number of nitrogens with zero attached hydrogens (tertiary/aromatic N) is 1. The van der Waals surface area contributed by atoms with Crippen LogP contribution in [0.25, 0.3) is 10.9 Å². The summed E-state index contributed by atoms with van der Waals surface area (Å²) >= 11 is 5.97. The molecule has 4 aromatic rings. The van der Waals surface area contributed by atoms with E-state index in [1.54, 1.807) is 66.9 Å². The third-order valence-corrected chi connectivity index (χ3v) is 6.82. The van der Waals surface area contributed by atoms with Crippen molar-refractivity contribution in [3.8, 4) is 11.5 Å². The van der Waals surface area contributed by atoms with Crippen molar-refractivity contribution in [2.45, 2.75) is 45.7 Å². The van der Waals surface area contributed by atoms with Gasteiger partial charge in [0.1, 0.15) is 11.5 Å². The van der Waals surface area contributed by atoms with Crippen LogP contribution in [0.15, 0.2) is 66.7 Å². The van der Waals surface area contributed by atoms with Gasteiger partial charge in [0.15, 0.2) is 5.78 Å². The molecule has 0 aliphatic carbocycles. The van der Waals surface area contributed by atoms with Crippen LogP contribution in [0.3, 0.4) is 0 Å². The Morgan fingerprint density at radius 3 is 2.26 bits per heavy atom. The van der Waals surface area contributed by atoms with Gasteiger partial charge in [-0.2, -0.15) is 0 Å². The topological polar surface area (TPSA) is 77.8 Å². The van der Waals surface area contributed by atoms with Crippen molar-refractivity contribution in [2.24, 2.45) is 0 Å². The quantitative estimate of drug-likeness (QED) is 0.216. The van der Waals surface area contributed by atoms with Gasteiger partial charge < -0.3 is 19.1 Å². The average Bonchev–Trinajstić information content (AvgIpc) is 3.13. The minimum absolute atomic E-state index is 0.165. The van der Waals surface area contributed by atoms with E-state index in [0.29, 0.717) is 44.1 Å². The largest absolute Gasteiger partial charge is 0.573 e. The first-order chi connectivity index (χ1) is 18.3. The minimum atomic E-state index is -4.89. The summed E-state index contributed by atoms with van der Waals surface area (Å²) in [6.45, 7) is 5.06. The fourth-order valence-corrected chi connectivity index (χ4v) is 4.43. The summed E-state index contributed by atoms with van der Waals surface area (Å²) in [7, 11) is 0. The number of fused-ring (bicyclic) bond motifs is 1. The van der Waals surface area contributed by atoms with Crippen molar-refractivity contribution < 1.29 is 37.3 Å². The van der Waals surface area contributed by atoms with Crippen molar-refractivity contribution in [3.05, 3.63) is 94.1 Å². The lowest BCUT2D eigenvalue weighted by Gasteiger charge is -2.25. The molecule has 0 spiro atoms. The zero-order valence-corrected chi connectivity index (χ0v) is 22.1. The maximum absolute atomic E-state index is 13.5. The molecule has 0 radical (unpaired) electrons. The van der Waals surface area contributed by atoms with Crippen LogP contribution in [0, 0.1) is 6.92 Å². The predicted octanol–water partition coefficient (Wildman–Crippen LogP) is 7.41. The fraction of sp³-hybridized carbons (Fsp3) is 0.241. The van der Waals surface area contributed by atoms with Crippen molar-refractivity contribution in [1.82, 2.24) is 4.57 Å². The van der Waals surface area contributed by atoms with E-state index in [0.717, 1.165) is 0 Å². The summed E-state index contributed by atoms with van der Waals surface area (Å²) in [5.41, 5.74) is 0.856. The second kappa shape index (κ2) is 10.6. The molecule has 0 saturated heterocycles. The Balaban J connectivity index is 1.81. The molecule has 0 bridgehead atoms. The number of aromatic nitrogens is 1. The van der Waals surface area contributed by atoms with Gasteiger partial charge in [-0.3, -0.25) is 4.79 Å². The molecule has 1 atom stereocenters. The van der Waals surface area contributed by atoms with Gasteiger partial charge in [-0.1, -0.05) is 30.7 Å². The van der Waals surface area contributed by atoms with Crippen LogP contribution in [-0.4, -0.2) is 33.4 Å². The first kappa shape index (κ1) is 28.0. The summed E-state index contributed by atoms with van der Waals surface area (Å²) in [4.78, 5) is 25.2. The molecule has 0 unspecified atom stereocenters. The van der Waals surface area contributed by atoms with Gasteiger partial charge in [-0.05, 0) is 74.4 Å². The lowest BCUT2D eigenvalue weighted by molar-refractivity contribution is -0.274. The molecule has 1 aromatic heterocycles. The maximum Gasteiger partial charge on any atom is 0.573 e. The van der Waals surface area contributed by atoms with E-state index >= 15 is 0 Å². The number of hydrogen-bond donors (Lipinski definition) is 1. The van der Waals surface area contributed by atoms with Crippen molar-refractivity contribution >= 4 is 34.3 Å². The number of carboxylic acids is 1. The van der Waals surface area contributed by atoms with E-state index in [1.807, 2.05) is 0 Å². The van der Waals surface area contributed by atoms with Crippen molar-refractivity contribution in [3.63, 3.8) is 0 Å². The molecule has 4 rings (SSSR count). The zero-order valence-electron chi connectivity index (χ0n) is 21.3. The van der Waals surface area contributed by atoms with Gasteiger partial charge in [0, 0.05) is 34.3 Å². The van der Waals surface area contributed by atoms with Gasteiger partial charge in [0.05, 0.1) is 11.1 Å². The summed E-state index contributed by atoms with van der Waals surface area (Å²) < 4.78 is 50.6. The van der Waals surface area contributed by atoms with E-state index in [9.17, 15) is 27.9 Å². The second-order valence-electron chi connectivity index (χ2n) is 9.25. The molecular weight excluding hydrogens is 535 g/mol. The number of ketones is 1. The van der Waals surface area contributed by atoms with Crippen molar-refractivity contribution in [1.29, 1.82) is 0 Å². The van der Waals surface area contributed by atoms with Gasteiger partial charge in [-0.25, -0.2) is 4.79 Å². The normalized spacial score (nSPS) is 13.2. The third kappa shape index (κ3) is 6.04. The van der Waals surface area contributed by atoms with E-state index < -0.39 is 23.7 Å². The standard InChI is InChI=1S/C29H25ClF3NO5/c1-4-28(3,27(36)37)38-21-7-5-6-18(14-21)16-34-17(2)25(26(35)19-8-10-20(30)11-9-19)23-13-12-22(15-24(23)34)39-29(31,32)33/h5-15H,4,16H2,1-3H3,(H,36,37)/t28-/m1/s1. The number of alkyl halides is 3. The smallest absolute Gasteiger partial charge is 0.478 e. The SMILES string of the molecule is CC[C@@](C)(Oc1cccc(Cn2c(C)c(C(=O)c3ccc(Cl)cc3)c3ccc(OC(F)(F)F)cc32)c1)C(=O)O. The van der Waals surface area contributed by atoms with Crippen LogP contribution in [-0.2, 0) is 11.3 Å². The molecule has 204 valence electrons. The minimum Gasteiger partial charge on any atom is -0.478 e. The number of hydrogen-bond acceptors (Lipinski definition) is 4. The van der Waals surface area contributed by atoms with Gasteiger partial charge in [-0.15, -0.1) is 13.2 Å². The van der Waals surface area contributed by atoms with Crippen LogP contribution in [0.2, 0.25) is 5.02 Å². The molecule has 10 heteroatoms. The lowest BCUT2D eigenvalue weighted by Crippen LogP contribution is -2.40. The number of halogens is 4. The molecule has 1 heterocycles. The Labute approximate surface area is 227 Å². The number of benzene rings is 3. The highest BCUT2D eigenvalue weighted by Gasteiger charge is 2.34. The Morgan fingerprint density at radius 2 is 1.64 bits per heavy atom. The van der Waals surface area contributed by atoms with Gasteiger partial charge in [0.25, 0.3) is 0 Å². The number of rotatable bonds is 9. The lowest BCUT2D eigenvalue weighted by atomic mass is 10.0. The summed E-state index contributed by atoms with van der Waals surface area (Å²) in [5, 5.41) is 10.5. The summed E-state index contributed by atoms with van der Waals surface area (Å²) in [5.74, 6) is -1.51. The Kier molecular flexibility index (Phi) is 7.66. The number of carbonyl (C=O) groups is 2. The number of carboxylic acid groups (broad SMARTS) is 1. The van der Waals surface area contributed by atoms with Crippen LogP contribution in [0.5, 0.6) is 11.5 Å². The van der Waals surface area contributed by atoms with E-state index in [1.165, 1.54) is 25.1 Å². The van der Waals surface area contributed by atoms with E-state index in [4.69, 9.17) is 16.3 Å². The van der Waals surface area contributed by atoms with Crippen LogP contribution in [0.1, 0.15) is 47.4 Å². The van der Waals surface area contributed by atoms with Crippen molar-refractivity contribution in [2.75, 3.05) is 0 Å². The number of carbonyl (C=O) groups excluding carboxylic acids is 1. The summed E-state index contributed by atoms with van der Waals surface area (Å²) in [6.07, 6.45) is -4.66. The monoisotopic (exact) mass is 559 g/mol. The molecule has 6 nitrogen and oxygen atoms in total. The molecule has 0 fully saturated rings. The first-order valence-corrected chi connectivity index (χ1v) is 12.4. The fourth-order valence-electron chi connectivity index (χ4n) is 4.31. The Morgan fingerprint density at radius 1 is 0.974 bits per heavy atom. The maximum atomic E-state index is 13.5. The molecule has 0 aliphatic heterocycles. The molecule has 39 heavy (non-hydrogen) atoms. The predicted molar refractivity (Wildman–Crippen MR) is 141 cm³/mol. The Hall–Kier alpha value is -3.98. The highest BCUT2D eigenvalue weighted by atomic mass is 35.5. The van der Waals surface area contributed by atoms with E-state index in [-0.39, 0.29) is 18.7 Å².